The first-order valence-corrected chi connectivity index (χ1v) is 6.38. The van der Waals surface area contributed by atoms with Gasteiger partial charge in [0.2, 0.25) is 0 Å². The first-order valence-electron chi connectivity index (χ1n) is 3.61. The Morgan fingerprint density at radius 3 is 2.85 bits per heavy atom. The van der Waals surface area contributed by atoms with Crippen molar-refractivity contribution in [1.82, 2.24) is 4.98 Å². The first kappa shape index (κ1) is 8.65. The van der Waals surface area contributed by atoms with E-state index in [4.69, 9.17) is 0 Å². The molecular weight excluding hydrogens is 206 g/mol. The lowest BCUT2D eigenvalue weighted by Crippen LogP contribution is -1.95. The molecule has 5 heteroatoms. The largest absolute Gasteiger partial charge is 0.245 e. The maximum absolute atomic E-state index is 11.2. The van der Waals surface area contributed by atoms with Gasteiger partial charge in [0.15, 0.2) is 9.84 Å². The molecule has 0 N–H and O–H groups in total. The van der Waals surface area contributed by atoms with Gasteiger partial charge in [0.05, 0.1) is 20.6 Å². The standard InChI is InChI=1S/C8H7NO2S2/c1-13(10,11)6-2-3-7-8(4-6)12-5-9-7/h2-5H,1H3. The number of benzene rings is 1. The second-order valence-corrected chi connectivity index (χ2v) is 5.66. The molecule has 0 aliphatic rings. The molecule has 0 saturated heterocycles. The zero-order chi connectivity index (χ0) is 9.47. The number of hydrogen-bond donors (Lipinski definition) is 0. The van der Waals surface area contributed by atoms with Crippen LogP contribution in [0.5, 0.6) is 0 Å². The van der Waals surface area contributed by atoms with E-state index in [0.29, 0.717) is 4.90 Å². The second kappa shape index (κ2) is 2.78. The van der Waals surface area contributed by atoms with Crippen LogP contribution in [0.1, 0.15) is 0 Å². The smallest absolute Gasteiger partial charge is 0.175 e. The van der Waals surface area contributed by atoms with Crippen molar-refractivity contribution in [2.75, 3.05) is 6.26 Å². The molecule has 1 aromatic carbocycles. The van der Waals surface area contributed by atoms with E-state index in [0.717, 1.165) is 10.2 Å². The van der Waals surface area contributed by atoms with Crippen molar-refractivity contribution in [3.8, 4) is 0 Å². The summed E-state index contributed by atoms with van der Waals surface area (Å²) in [5.74, 6) is 0. The van der Waals surface area contributed by atoms with E-state index < -0.39 is 9.84 Å². The topological polar surface area (TPSA) is 47.0 Å². The molecule has 0 aliphatic carbocycles. The number of fused-ring (bicyclic) bond motifs is 1. The van der Waals surface area contributed by atoms with Gasteiger partial charge in [0, 0.05) is 6.26 Å². The van der Waals surface area contributed by atoms with Crippen molar-refractivity contribution in [3.63, 3.8) is 0 Å². The van der Waals surface area contributed by atoms with Gasteiger partial charge in [-0.25, -0.2) is 13.4 Å². The van der Waals surface area contributed by atoms with Crippen LogP contribution in [0.3, 0.4) is 0 Å². The van der Waals surface area contributed by atoms with Gasteiger partial charge in [-0.1, -0.05) is 0 Å². The van der Waals surface area contributed by atoms with Gasteiger partial charge in [0.1, 0.15) is 0 Å². The third-order valence-corrected chi connectivity index (χ3v) is 3.63. The maximum Gasteiger partial charge on any atom is 0.175 e. The van der Waals surface area contributed by atoms with E-state index in [-0.39, 0.29) is 0 Å². The predicted molar refractivity (Wildman–Crippen MR) is 52.7 cm³/mol. The molecule has 1 aromatic heterocycles. The van der Waals surface area contributed by atoms with Crippen LogP contribution in [-0.2, 0) is 9.84 Å². The van der Waals surface area contributed by atoms with E-state index in [2.05, 4.69) is 4.98 Å². The van der Waals surface area contributed by atoms with E-state index in [1.807, 2.05) is 0 Å². The predicted octanol–water partition coefficient (Wildman–Crippen LogP) is 1.70. The van der Waals surface area contributed by atoms with Crippen molar-refractivity contribution in [2.45, 2.75) is 4.90 Å². The summed E-state index contributed by atoms with van der Waals surface area (Å²) in [5.41, 5.74) is 2.55. The molecule has 0 radical (unpaired) electrons. The van der Waals surface area contributed by atoms with Crippen LogP contribution >= 0.6 is 11.3 Å². The van der Waals surface area contributed by atoms with Crippen LogP contribution in [-0.4, -0.2) is 19.7 Å². The molecule has 0 amide bonds. The van der Waals surface area contributed by atoms with Crippen molar-refractivity contribution >= 4 is 31.4 Å². The Morgan fingerprint density at radius 1 is 1.38 bits per heavy atom. The minimum absolute atomic E-state index is 0.351. The molecule has 3 nitrogen and oxygen atoms in total. The number of nitrogens with zero attached hydrogens (tertiary/aromatic N) is 1. The fraction of sp³-hybridized carbons (Fsp3) is 0.125. The molecule has 0 unspecified atom stereocenters. The molecule has 13 heavy (non-hydrogen) atoms. The average molecular weight is 213 g/mol. The molecule has 0 bridgehead atoms. The Kier molecular flexibility index (Phi) is 1.85. The minimum Gasteiger partial charge on any atom is -0.245 e. The molecule has 0 aliphatic heterocycles. The molecule has 0 fully saturated rings. The fourth-order valence-corrected chi connectivity index (χ4v) is 2.50. The summed E-state index contributed by atoms with van der Waals surface area (Å²) >= 11 is 1.44. The van der Waals surface area contributed by atoms with Crippen LogP contribution in [0.15, 0.2) is 28.6 Å². The van der Waals surface area contributed by atoms with Crippen molar-refractivity contribution in [2.24, 2.45) is 0 Å². The van der Waals surface area contributed by atoms with E-state index in [9.17, 15) is 8.42 Å². The highest BCUT2D eigenvalue weighted by Gasteiger charge is 2.07. The lowest BCUT2D eigenvalue weighted by Gasteiger charge is -1.96. The van der Waals surface area contributed by atoms with Crippen molar-refractivity contribution in [3.05, 3.63) is 23.7 Å². The van der Waals surface area contributed by atoms with E-state index in [1.54, 1.807) is 23.7 Å². The molecule has 0 saturated carbocycles. The zero-order valence-corrected chi connectivity index (χ0v) is 8.52. The number of sulfone groups is 1. The summed E-state index contributed by atoms with van der Waals surface area (Å²) in [6, 6.07) is 4.96. The molecular formula is C8H7NO2S2. The second-order valence-electron chi connectivity index (χ2n) is 2.75. The van der Waals surface area contributed by atoms with Crippen LogP contribution in [0.4, 0.5) is 0 Å². The van der Waals surface area contributed by atoms with Gasteiger partial charge in [-0.15, -0.1) is 11.3 Å². The van der Waals surface area contributed by atoms with Crippen LogP contribution in [0.25, 0.3) is 10.2 Å². The SMILES string of the molecule is CS(=O)(=O)c1ccc2ncsc2c1. The van der Waals surface area contributed by atoms with Crippen LogP contribution in [0, 0.1) is 0 Å². The third-order valence-electron chi connectivity index (χ3n) is 1.73. The summed E-state index contributed by atoms with van der Waals surface area (Å²) < 4.78 is 23.3. The number of aromatic nitrogens is 1. The van der Waals surface area contributed by atoms with Gasteiger partial charge in [-0.3, -0.25) is 0 Å². The number of rotatable bonds is 1. The molecule has 0 spiro atoms. The fourth-order valence-electron chi connectivity index (χ4n) is 1.07. The van der Waals surface area contributed by atoms with Crippen molar-refractivity contribution in [1.29, 1.82) is 0 Å². The quantitative estimate of drug-likeness (QED) is 0.724. The first-order chi connectivity index (χ1) is 6.07. The Hall–Kier alpha value is -0.940. The van der Waals surface area contributed by atoms with Gasteiger partial charge in [-0.05, 0) is 18.2 Å². The Balaban J connectivity index is 2.75. The highest BCUT2D eigenvalue weighted by atomic mass is 32.2. The van der Waals surface area contributed by atoms with Crippen LogP contribution in [0.2, 0.25) is 0 Å². The lowest BCUT2D eigenvalue weighted by molar-refractivity contribution is 0.602. The monoisotopic (exact) mass is 213 g/mol. The molecule has 2 rings (SSSR count). The Morgan fingerprint density at radius 2 is 2.15 bits per heavy atom. The average Bonchev–Trinajstić information content (AvgIpc) is 2.47. The Labute approximate surface area is 80.0 Å². The summed E-state index contributed by atoms with van der Waals surface area (Å²) in [7, 11) is -3.09. The summed E-state index contributed by atoms with van der Waals surface area (Å²) in [4.78, 5) is 4.42. The van der Waals surface area contributed by atoms with Gasteiger partial charge in [-0.2, -0.15) is 0 Å². The highest BCUT2D eigenvalue weighted by molar-refractivity contribution is 7.90. The van der Waals surface area contributed by atoms with E-state index >= 15 is 0 Å². The summed E-state index contributed by atoms with van der Waals surface area (Å²) in [6.45, 7) is 0. The van der Waals surface area contributed by atoms with Gasteiger partial charge >= 0.3 is 0 Å². The molecule has 2 aromatic rings. The number of hydrogen-bond acceptors (Lipinski definition) is 4. The lowest BCUT2D eigenvalue weighted by atomic mass is 10.3. The molecule has 1 heterocycles. The maximum atomic E-state index is 11.2. The van der Waals surface area contributed by atoms with Gasteiger partial charge < -0.3 is 0 Å². The summed E-state index contributed by atoms with van der Waals surface area (Å²) in [5, 5.41) is 0. The molecule has 68 valence electrons. The zero-order valence-electron chi connectivity index (χ0n) is 6.89. The van der Waals surface area contributed by atoms with Gasteiger partial charge in [0.25, 0.3) is 0 Å². The minimum atomic E-state index is -3.09. The highest BCUT2D eigenvalue weighted by Crippen LogP contribution is 2.21. The van der Waals surface area contributed by atoms with Crippen LogP contribution < -0.4 is 0 Å². The third kappa shape index (κ3) is 1.57. The molecule has 0 atom stereocenters. The number of thiazole rings is 1. The van der Waals surface area contributed by atoms with E-state index in [1.165, 1.54) is 17.6 Å². The summed E-state index contributed by atoms with van der Waals surface area (Å²) in [6.07, 6.45) is 1.20. The normalized spacial score (nSPS) is 12.1. The van der Waals surface area contributed by atoms with Crippen molar-refractivity contribution < 1.29 is 8.42 Å². The Bertz CT molecular complexity index is 542.